The van der Waals surface area contributed by atoms with E-state index in [-0.39, 0.29) is 0 Å². The lowest BCUT2D eigenvalue weighted by Gasteiger charge is -2.03. The highest BCUT2D eigenvalue weighted by atomic mass is 16.2. The highest BCUT2D eigenvalue weighted by molar-refractivity contribution is 5.87. The summed E-state index contributed by atoms with van der Waals surface area (Å²) in [6.45, 7) is 1.43. The van der Waals surface area contributed by atoms with Gasteiger partial charge in [0.25, 0.3) is 5.91 Å². The van der Waals surface area contributed by atoms with Gasteiger partial charge >= 0.3 is 5.69 Å². The van der Waals surface area contributed by atoms with Crippen LogP contribution in [0, 0.1) is 17.2 Å². The van der Waals surface area contributed by atoms with Gasteiger partial charge in [-0.1, -0.05) is 0 Å². The zero-order chi connectivity index (χ0) is 9.84. The standard InChI is InChI=1S/C6H7N5O2/c1-4(2-7)5(12)10-11-3-8-9-6(11)13/h3-4H,1H3,(H,9,13)(H,10,12). The molecular weight excluding hydrogens is 174 g/mol. The average molecular weight is 181 g/mol. The number of nitrogens with one attached hydrogen (secondary N) is 2. The molecule has 0 aromatic carbocycles. The van der Waals surface area contributed by atoms with Crippen LogP contribution in [0.4, 0.5) is 0 Å². The Bertz CT molecular complexity index is 398. The van der Waals surface area contributed by atoms with E-state index in [0.29, 0.717) is 0 Å². The summed E-state index contributed by atoms with van der Waals surface area (Å²) in [4.78, 5) is 21.9. The van der Waals surface area contributed by atoms with Gasteiger partial charge in [0.15, 0.2) is 0 Å². The summed E-state index contributed by atoms with van der Waals surface area (Å²) in [5.41, 5.74) is 1.63. The Kier molecular flexibility index (Phi) is 2.44. The molecule has 68 valence electrons. The van der Waals surface area contributed by atoms with Crippen molar-refractivity contribution in [2.45, 2.75) is 6.92 Å². The summed E-state index contributed by atoms with van der Waals surface area (Å²) < 4.78 is 0.871. The Morgan fingerprint density at radius 2 is 2.62 bits per heavy atom. The van der Waals surface area contributed by atoms with Gasteiger partial charge in [0.1, 0.15) is 12.2 Å². The molecule has 0 radical (unpaired) electrons. The Morgan fingerprint density at radius 1 is 1.92 bits per heavy atom. The number of hydrogen-bond acceptors (Lipinski definition) is 4. The van der Waals surface area contributed by atoms with Gasteiger partial charge in [-0.05, 0) is 6.92 Å². The third kappa shape index (κ3) is 1.93. The van der Waals surface area contributed by atoms with Gasteiger partial charge in [0, 0.05) is 0 Å². The first kappa shape index (κ1) is 8.99. The molecule has 0 aliphatic heterocycles. The second-order valence-electron chi connectivity index (χ2n) is 2.36. The van der Waals surface area contributed by atoms with Crippen LogP contribution >= 0.6 is 0 Å². The monoisotopic (exact) mass is 181 g/mol. The van der Waals surface area contributed by atoms with Gasteiger partial charge in [0.05, 0.1) is 6.07 Å². The van der Waals surface area contributed by atoms with E-state index in [0.717, 1.165) is 11.0 Å². The summed E-state index contributed by atoms with van der Waals surface area (Å²) in [5.74, 6) is -1.35. The lowest BCUT2D eigenvalue weighted by Crippen LogP contribution is -2.33. The van der Waals surface area contributed by atoms with Crippen molar-refractivity contribution in [2.24, 2.45) is 5.92 Å². The second-order valence-corrected chi connectivity index (χ2v) is 2.36. The van der Waals surface area contributed by atoms with Crippen molar-refractivity contribution in [3.8, 4) is 6.07 Å². The van der Waals surface area contributed by atoms with E-state index >= 15 is 0 Å². The summed E-state index contributed by atoms with van der Waals surface area (Å²) in [7, 11) is 0. The number of aromatic amines is 1. The molecule has 13 heavy (non-hydrogen) atoms. The van der Waals surface area contributed by atoms with Gasteiger partial charge in [-0.3, -0.25) is 10.2 Å². The minimum absolute atomic E-state index is 0.550. The molecule has 1 aromatic heterocycles. The molecule has 1 atom stereocenters. The number of carbonyl (C=O) groups excluding carboxylic acids is 1. The Balaban J connectivity index is 2.72. The maximum atomic E-state index is 11.1. The molecule has 2 N–H and O–H groups in total. The number of carbonyl (C=O) groups is 1. The second kappa shape index (κ2) is 3.53. The quantitative estimate of drug-likeness (QED) is 0.598. The zero-order valence-electron chi connectivity index (χ0n) is 6.81. The molecule has 0 fully saturated rings. The molecule has 0 bridgehead atoms. The number of rotatable bonds is 2. The average Bonchev–Trinajstić information content (AvgIpc) is 2.50. The molecule has 0 spiro atoms. The van der Waals surface area contributed by atoms with Crippen LogP contribution in [-0.2, 0) is 4.79 Å². The Labute approximate surface area is 73.0 Å². The molecule has 0 saturated heterocycles. The number of aromatic nitrogens is 3. The Morgan fingerprint density at radius 3 is 3.08 bits per heavy atom. The first-order chi connectivity index (χ1) is 6.15. The van der Waals surface area contributed by atoms with Gasteiger partial charge in [0.2, 0.25) is 0 Å². The molecule has 1 aromatic rings. The molecule has 1 heterocycles. The highest BCUT2D eigenvalue weighted by Gasteiger charge is 2.12. The summed E-state index contributed by atoms with van der Waals surface area (Å²) >= 11 is 0. The van der Waals surface area contributed by atoms with Crippen LogP contribution in [0.1, 0.15) is 6.92 Å². The number of nitriles is 1. The van der Waals surface area contributed by atoms with E-state index in [1.165, 1.54) is 6.92 Å². The molecule has 1 amide bonds. The van der Waals surface area contributed by atoms with Crippen molar-refractivity contribution in [3.05, 3.63) is 16.8 Å². The van der Waals surface area contributed by atoms with Gasteiger partial charge in [-0.15, -0.1) is 0 Å². The largest absolute Gasteiger partial charge is 0.362 e. The highest BCUT2D eigenvalue weighted by Crippen LogP contribution is 1.90. The van der Waals surface area contributed by atoms with Gasteiger partial charge < -0.3 is 0 Å². The van der Waals surface area contributed by atoms with Crippen LogP contribution < -0.4 is 11.1 Å². The van der Waals surface area contributed by atoms with Crippen LogP contribution in [0.15, 0.2) is 11.1 Å². The molecule has 0 aliphatic rings. The van der Waals surface area contributed by atoms with Crippen molar-refractivity contribution in [2.75, 3.05) is 5.43 Å². The maximum absolute atomic E-state index is 11.1. The van der Waals surface area contributed by atoms with E-state index in [2.05, 4.69) is 15.6 Å². The van der Waals surface area contributed by atoms with Crippen LogP contribution in [0.5, 0.6) is 0 Å². The van der Waals surface area contributed by atoms with E-state index in [4.69, 9.17) is 5.26 Å². The van der Waals surface area contributed by atoms with E-state index in [1.807, 2.05) is 0 Å². The van der Waals surface area contributed by atoms with E-state index in [1.54, 1.807) is 6.07 Å². The van der Waals surface area contributed by atoms with Crippen LogP contribution in [-0.4, -0.2) is 20.8 Å². The number of nitrogens with zero attached hydrogens (tertiary/aromatic N) is 3. The molecule has 7 nitrogen and oxygen atoms in total. The van der Waals surface area contributed by atoms with E-state index < -0.39 is 17.5 Å². The van der Waals surface area contributed by atoms with Crippen molar-refractivity contribution < 1.29 is 4.79 Å². The van der Waals surface area contributed by atoms with Crippen LogP contribution in [0.25, 0.3) is 0 Å². The molecule has 7 heteroatoms. The number of H-pyrrole nitrogens is 1. The number of hydrogen-bond donors (Lipinski definition) is 2. The van der Waals surface area contributed by atoms with Crippen molar-refractivity contribution in [1.29, 1.82) is 5.26 Å². The predicted octanol–water partition coefficient (Wildman–Crippen LogP) is -1.20. The van der Waals surface area contributed by atoms with Crippen molar-refractivity contribution >= 4 is 5.91 Å². The minimum atomic E-state index is -0.804. The molecule has 0 saturated carbocycles. The van der Waals surface area contributed by atoms with Crippen molar-refractivity contribution in [1.82, 2.24) is 14.9 Å². The summed E-state index contributed by atoms with van der Waals surface area (Å²) in [6, 6.07) is 1.74. The topological polar surface area (TPSA) is 104 Å². The van der Waals surface area contributed by atoms with Crippen LogP contribution in [0.3, 0.4) is 0 Å². The van der Waals surface area contributed by atoms with Crippen LogP contribution in [0.2, 0.25) is 0 Å². The smallest absolute Gasteiger partial charge is 0.272 e. The molecular formula is C6H7N5O2. The Hall–Kier alpha value is -2.10. The molecule has 1 rings (SSSR count). The fourth-order valence-corrected chi connectivity index (χ4v) is 0.602. The molecule has 1 unspecified atom stereocenters. The van der Waals surface area contributed by atoms with E-state index in [9.17, 15) is 9.59 Å². The minimum Gasteiger partial charge on any atom is -0.272 e. The summed E-state index contributed by atoms with van der Waals surface area (Å²) in [6.07, 6.45) is 1.12. The maximum Gasteiger partial charge on any atom is 0.362 e. The van der Waals surface area contributed by atoms with Crippen molar-refractivity contribution in [3.63, 3.8) is 0 Å². The zero-order valence-corrected chi connectivity index (χ0v) is 6.81. The lowest BCUT2D eigenvalue weighted by molar-refractivity contribution is -0.118. The number of amides is 1. The van der Waals surface area contributed by atoms with Gasteiger partial charge in [-0.2, -0.15) is 15.0 Å². The third-order valence-corrected chi connectivity index (χ3v) is 1.37. The van der Waals surface area contributed by atoms with Gasteiger partial charge in [-0.25, -0.2) is 9.89 Å². The first-order valence-electron chi connectivity index (χ1n) is 3.47. The third-order valence-electron chi connectivity index (χ3n) is 1.37. The fourth-order valence-electron chi connectivity index (χ4n) is 0.602. The first-order valence-corrected chi connectivity index (χ1v) is 3.47. The predicted molar refractivity (Wildman–Crippen MR) is 42.0 cm³/mol. The normalized spacial score (nSPS) is 11.7. The fraction of sp³-hybridized carbons (Fsp3) is 0.333. The summed E-state index contributed by atoms with van der Waals surface area (Å²) in [5, 5.41) is 13.9. The lowest BCUT2D eigenvalue weighted by atomic mass is 10.2. The molecule has 0 aliphatic carbocycles. The SMILES string of the molecule is CC(C#N)C(=O)Nn1cn[nH]c1=O.